The van der Waals surface area contributed by atoms with E-state index in [4.69, 9.17) is 0 Å². The fourth-order valence-electron chi connectivity index (χ4n) is 1.75. The lowest BCUT2D eigenvalue weighted by Gasteiger charge is -2.30. The summed E-state index contributed by atoms with van der Waals surface area (Å²) in [5.74, 6) is 0. The molecule has 0 saturated carbocycles. The summed E-state index contributed by atoms with van der Waals surface area (Å²) in [5, 5.41) is 2.95. The molecule has 0 radical (unpaired) electrons. The van der Waals surface area contributed by atoms with E-state index in [9.17, 15) is 13.2 Å². The Hall–Kier alpha value is -0.290. The molecule has 1 unspecified atom stereocenters. The van der Waals surface area contributed by atoms with E-state index in [1.807, 2.05) is 7.05 Å². The van der Waals surface area contributed by atoms with Crippen LogP contribution in [-0.2, 0) is 0 Å². The summed E-state index contributed by atoms with van der Waals surface area (Å²) >= 11 is 0. The van der Waals surface area contributed by atoms with E-state index in [0.29, 0.717) is 0 Å². The van der Waals surface area contributed by atoms with Gasteiger partial charge in [0.05, 0.1) is 6.42 Å². The predicted octanol–water partition coefficient (Wildman–Crippen LogP) is 1.62. The number of hydrogen-bond acceptors (Lipinski definition) is 2. The average molecular weight is 210 g/mol. The van der Waals surface area contributed by atoms with E-state index >= 15 is 0 Å². The molecule has 1 aliphatic rings. The van der Waals surface area contributed by atoms with Crippen LogP contribution in [0.5, 0.6) is 0 Å². The number of likely N-dealkylation sites (N-methyl/N-ethyl adjacent to an activating group) is 1. The molecule has 1 heterocycles. The minimum absolute atomic E-state index is 0.0437. The lowest BCUT2D eigenvalue weighted by atomic mass is 10.1. The van der Waals surface area contributed by atoms with Crippen LogP contribution in [0, 0.1) is 0 Å². The van der Waals surface area contributed by atoms with Gasteiger partial charge in [-0.25, -0.2) is 0 Å². The first-order chi connectivity index (χ1) is 6.47. The van der Waals surface area contributed by atoms with Gasteiger partial charge in [-0.3, -0.25) is 0 Å². The minimum atomic E-state index is -4.03. The number of nitrogens with zero attached hydrogens (tertiary/aromatic N) is 1. The second-order valence-corrected chi connectivity index (χ2v) is 3.92. The summed E-state index contributed by atoms with van der Waals surface area (Å²) in [6.07, 6.45) is -2.71. The van der Waals surface area contributed by atoms with Crippen molar-refractivity contribution in [3.05, 3.63) is 0 Å². The van der Waals surface area contributed by atoms with Crippen LogP contribution in [0.15, 0.2) is 0 Å². The van der Waals surface area contributed by atoms with Gasteiger partial charge in [0.1, 0.15) is 0 Å². The molecule has 1 N–H and O–H groups in total. The first-order valence-electron chi connectivity index (χ1n) is 4.96. The first kappa shape index (κ1) is 11.8. The molecule has 14 heavy (non-hydrogen) atoms. The third kappa shape index (κ3) is 4.81. The summed E-state index contributed by atoms with van der Waals surface area (Å²) in [6, 6.07) is 0.232. The van der Waals surface area contributed by atoms with Crippen LogP contribution >= 0.6 is 0 Å². The van der Waals surface area contributed by atoms with Gasteiger partial charge in [-0.15, -0.1) is 0 Å². The van der Waals surface area contributed by atoms with Gasteiger partial charge in [-0.1, -0.05) is 0 Å². The molecule has 0 spiro atoms. The van der Waals surface area contributed by atoms with Crippen LogP contribution < -0.4 is 5.32 Å². The third-order valence-electron chi connectivity index (χ3n) is 2.47. The van der Waals surface area contributed by atoms with Crippen molar-refractivity contribution < 1.29 is 13.2 Å². The van der Waals surface area contributed by atoms with E-state index in [2.05, 4.69) is 10.2 Å². The van der Waals surface area contributed by atoms with Gasteiger partial charge >= 0.3 is 6.18 Å². The molecule has 1 atom stereocenters. The van der Waals surface area contributed by atoms with Gasteiger partial charge in [0, 0.05) is 19.1 Å². The third-order valence-corrected chi connectivity index (χ3v) is 2.47. The summed E-state index contributed by atoms with van der Waals surface area (Å²) in [6.45, 7) is 1.96. The molecule has 0 aromatic heterocycles. The first-order valence-corrected chi connectivity index (χ1v) is 4.96. The van der Waals surface area contributed by atoms with Gasteiger partial charge in [-0.2, -0.15) is 13.2 Å². The average Bonchev–Trinajstić information content (AvgIpc) is 2.01. The minimum Gasteiger partial charge on any atom is -0.312 e. The molecule has 84 valence electrons. The molecule has 0 bridgehead atoms. The summed E-state index contributed by atoms with van der Waals surface area (Å²) in [7, 11) is 2.00. The maximum absolute atomic E-state index is 11.8. The molecular weight excluding hydrogens is 193 g/mol. The van der Waals surface area contributed by atoms with E-state index < -0.39 is 12.6 Å². The highest BCUT2D eigenvalue weighted by Gasteiger charge is 2.27. The predicted molar refractivity (Wildman–Crippen MR) is 49.2 cm³/mol. The Kier molecular flexibility index (Phi) is 4.19. The Morgan fingerprint density at radius 1 is 1.43 bits per heavy atom. The van der Waals surface area contributed by atoms with Crippen molar-refractivity contribution in [2.24, 2.45) is 0 Å². The molecule has 0 aromatic carbocycles. The van der Waals surface area contributed by atoms with Gasteiger partial charge in [-0.05, 0) is 26.4 Å². The van der Waals surface area contributed by atoms with Crippen LogP contribution in [0.4, 0.5) is 13.2 Å². The van der Waals surface area contributed by atoms with Crippen LogP contribution in [0.2, 0.25) is 0 Å². The summed E-state index contributed by atoms with van der Waals surface area (Å²) in [5.41, 5.74) is 0. The van der Waals surface area contributed by atoms with Crippen LogP contribution in [-0.4, -0.2) is 43.8 Å². The number of rotatable bonds is 3. The SMILES string of the molecule is CN1CCCC(NCCC(F)(F)F)C1. The molecule has 1 saturated heterocycles. The van der Waals surface area contributed by atoms with Gasteiger partial charge in [0.25, 0.3) is 0 Å². The molecule has 5 heteroatoms. The van der Waals surface area contributed by atoms with Crippen molar-refractivity contribution in [3.63, 3.8) is 0 Å². The highest BCUT2D eigenvalue weighted by molar-refractivity contribution is 4.76. The number of halogens is 3. The number of hydrogen-bond donors (Lipinski definition) is 1. The van der Waals surface area contributed by atoms with E-state index in [0.717, 1.165) is 25.9 Å². The molecule has 1 rings (SSSR count). The number of likely N-dealkylation sites (tertiary alicyclic amines) is 1. The maximum atomic E-state index is 11.8. The lowest BCUT2D eigenvalue weighted by molar-refractivity contribution is -0.133. The number of nitrogens with one attached hydrogen (secondary N) is 1. The Balaban J connectivity index is 2.12. The Bertz CT molecular complexity index is 170. The van der Waals surface area contributed by atoms with Crippen molar-refractivity contribution in [2.45, 2.75) is 31.5 Å². The fraction of sp³-hybridized carbons (Fsp3) is 1.00. The Labute approximate surface area is 82.5 Å². The molecule has 0 aromatic rings. The van der Waals surface area contributed by atoms with E-state index in [-0.39, 0.29) is 12.6 Å². The Morgan fingerprint density at radius 3 is 2.71 bits per heavy atom. The van der Waals surface area contributed by atoms with Crippen molar-refractivity contribution in [3.8, 4) is 0 Å². The van der Waals surface area contributed by atoms with Crippen molar-refractivity contribution in [1.82, 2.24) is 10.2 Å². The maximum Gasteiger partial charge on any atom is 0.390 e. The zero-order valence-corrected chi connectivity index (χ0v) is 8.40. The second-order valence-electron chi connectivity index (χ2n) is 3.92. The summed E-state index contributed by atoms with van der Waals surface area (Å²) < 4.78 is 35.5. The number of alkyl halides is 3. The van der Waals surface area contributed by atoms with Crippen molar-refractivity contribution >= 4 is 0 Å². The lowest BCUT2D eigenvalue weighted by Crippen LogP contribution is -2.44. The Morgan fingerprint density at radius 2 is 2.14 bits per heavy atom. The normalized spacial score (nSPS) is 25.3. The van der Waals surface area contributed by atoms with Gasteiger partial charge < -0.3 is 10.2 Å². The number of piperidine rings is 1. The van der Waals surface area contributed by atoms with Crippen molar-refractivity contribution in [2.75, 3.05) is 26.7 Å². The highest BCUT2D eigenvalue weighted by atomic mass is 19.4. The molecule has 2 nitrogen and oxygen atoms in total. The standard InChI is InChI=1S/C9H17F3N2/c1-14-6-2-3-8(7-14)13-5-4-9(10,11)12/h8,13H,2-7H2,1H3. The van der Waals surface area contributed by atoms with Crippen molar-refractivity contribution in [1.29, 1.82) is 0 Å². The van der Waals surface area contributed by atoms with Gasteiger partial charge in [0.15, 0.2) is 0 Å². The molecular formula is C9H17F3N2. The quantitative estimate of drug-likeness (QED) is 0.761. The van der Waals surface area contributed by atoms with Crippen LogP contribution in [0.3, 0.4) is 0 Å². The molecule has 1 fully saturated rings. The second kappa shape index (κ2) is 4.98. The smallest absolute Gasteiger partial charge is 0.312 e. The van der Waals surface area contributed by atoms with E-state index in [1.54, 1.807) is 0 Å². The molecule has 0 aliphatic carbocycles. The van der Waals surface area contributed by atoms with Gasteiger partial charge in [0.2, 0.25) is 0 Å². The zero-order valence-electron chi connectivity index (χ0n) is 8.40. The zero-order chi connectivity index (χ0) is 10.6. The largest absolute Gasteiger partial charge is 0.390 e. The van der Waals surface area contributed by atoms with Crippen LogP contribution in [0.1, 0.15) is 19.3 Å². The van der Waals surface area contributed by atoms with E-state index in [1.165, 1.54) is 0 Å². The fourth-order valence-corrected chi connectivity index (χ4v) is 1.75. The highest BCUT2D eigenvalue weighted by Crippen LogP contribution is 2.18. The molecule has 1 aliphatic heterocycles. The monoisotopic (exact) mass is 210 g/mol. The van der Waals surface area contributed by atoms with Crippen LogP contribution in [0.25, 0.3) is 0 Å². The topological polar surface area (TPSA) is 15.3 Å². The molecule has 0 amide bonds. The summed E-state index contributed by atoms with van der Waals surface area (Å²) in [4.78, 5) is 2.15.